The summed E-state index contributed by atoms with van der Waals surface area (Å²) >= 11 is 0. The Labute approximate surface area is 161 Å². The van der Waals surface area contributed by atoms with Gasteiger partial charge in [-0.05, 0) is 18.8 Å². The zero-order valence-corrected chi connectivity index (χ0v) is 17.0. The normalized spacial score (nSPS) is 19.7. The SMILES string of the molecule is COCN(COC)c1nc(C2CCC(C)CC2)nc(N(COC)C(C)=O)n1. The van der Waals surface area contributed by atoms with E-state index in [1.165, 1.54) is 18.9 Å². The van der Waals surface area contributed by atoms with Crippen LogP contribution in [0.5, 0.6) is 0 Å². The topological polar surface area (TPSA) is 89.9 Å². The minimum absolute atomic E-state index is 0.0779. The number of ether oxygens (including phenoxy) is 3. The number of aromatic nitrogens is 3. The van der Waals surface area contributed by atoms with Gasteiger partial charge in [-0.25, -0.2) is 0 Å². The van der Waals surface area contributed by atoms with Gasteiger partial charge >= 0.3 is 0 Å². The van der Waals surface area contributed by atoms with Crippen LogP contribution in [0.4, 0.5) is 11.9 Å². The Balaban J connectivity index is 2.43. The molecule has 9 heteroatoms. The van der Waals surface area contributed by atoms with Crippen molar-refractivity contribution in [2.45, 2.75) is 45.4 Å². The van der Waals surface area contributed by atoms with Crippen LogP contribution in [-0.4, -0.2) is 62.4 Å². The lowest BCUT2D eigenvalue weighted by atomic mass is 9.82. The van der Waals surface area contributed by atoms with Gasteiger partial charge in [0.2, 0.25) is 17.8 Å². The smallest absolute Gasteiger partial charge is 0.239 e. The van der Waals surface area contributed by atoms with E-state index in [0.717, 1.165) is 31.6 Å². The highest BCUT2D eigenvalue weighted by atomic mass is 16.5. The Kier molecular flexibility index (Phi) is 8.33. The minimum Gasteiger partial charge on any atom is -0.364 e. The van der Waals surface area contributed by atoms with Crippen LogP contribution >= 0.6 is 0 Å². The third-order valence-corrected chi connectivity index (χ3v) is 4.74. The molecule has 0 aliphatic heterocycles. The van der Waals surface area contributed by atoms with Gasteiger partial charge in [-0.3, -0.25) is 14.6 Å². The van der Waals surface area contributed by atoms with Gasteiger partial charge in [-0.1, -0.05) is 19.8 Å². The maximum Gasteiger partial charge on any atom is 0.239 e. The van der Waals surface area contributed by atoms with Crippen LogP contribution in [0.25, 0.3) is 0 Å². The lowest BCUT2D eigenvalue weighted by Crippen LogP contribution is -2.35. The molecule has 1 aromatic rings. The first-order valence-corrected chi connectivity index (χ1v) is 9.26. The van der Waals surface area contributed by atoms with Crippen LogP contribution in [-0.2, 0) is 19.0 Å². The fourth-order valence-electron chi connectivity index (χ4n) is 3.22. The second-order valence-corrected chi connectivity index (χ2v) is 6.99. The molecule has 0 saturated heterocycles. The zero-order chi connectivity index (χ0) is 19.8. The fourth-order valence-corrected chi connectivity index (χ4v) is 3.22. The molecule has 0 atom stereocenters. The first kappa shape index (κ1) is 21.5. The van der Waals surface area contributed by atoms with Gasteiger partial charge in [0, 0.05) is 34.2 Å². The second-order valence-electron chi connectivity index (χ2n) is 6.99. The largest absolute Gasteiger partial charge is 0.364 e. The number of hydrogen-bond acceptors (Lipinski definition) is 8. The Hall–Kier alpha value is -1.84. The van der Waals surface area contributed by atoms with Crippen LogP contribution in [0.3, 0.4) is 0 Å². The summed E-state index contributed by atoms with van der Waals surface area (Å²) in [6, 6.07) is 0. The molecule has 0 spiro atoms. The lowest BCUT2D eigenvalue weighted by Gasteiger charge is -2.28. The van der Waals surface area contributed by atoms with Gasteiger partial charge in [0.05, 0.1) is 0 Å². The number of hydrogen-bond donors (Lipinski definition) is 0. The maximum absolute atomic E-state index is 12.1. The first-order valence-electron chi connectivity index (χ1n) is 9.26. The molecule has 1 amide bonds. The zero-order valence-electron chi connectivity index (χ0n) is 17.0. The van der Waals surface area contributed by atoms with Gasteiger partial charge in [0.15, 0.2) is 0 Å². The molecule has 2 rings (SSSR count). The van der Waals surface area contributed by atoms with Gasteiger partial charge < -0.3 is 14.2 Å². The third-order valence-electron chi connectivity index (χ3n) is 4.74. The van der Waals surface area contributed by atoms with Gasteiger partial charge in [-0.2, -0.15) is 15.0 Å². The summed E-state index contributed by atoms with van der Waals surface area (Å²) in [6.45, 7) is 4.35. The highest BCUT2D eigenvalue weighted by molar-refractivity contribution is 5.89. The lowest BCUT2D eigenvalue weighted by molar-refractivity contribution is -0.117. The van der Waals surface area contributed by atoms with E-state index < -0.39 is 0 Å². The summed E-state index contributed by atoms with van der Waals surface area (Å²) in [7, 11) is 4.73. The molecule has 27 heavy (non-hydrogen) atoms. The number of carbonyl (C=O) groups is 1. The van der Waals surface area contributed by atoms with Gasteiger partial charge in [0.25, 0.3) is 0 Å². The standard InChI is InChI=1S/C18H31N5O4/c1-13-6-8-15(9-7-13)16-19-17(22(10-25-3)11-26-4)21-18(20-16)23(12-27-5)14(2)24/h13,15H,6-12H2,1-5H3. The summed E-state index contributed by atoms with van der Waals surface area (Å²) in [6.07, 6.45) is 4.36. The highest BCUT2D eigenvalue weighted by Gasteiger charge is 2.26. The Morgan fingerprint density at radius 2 is 1.48 bits per heavy atom. The van der Waals surface area contributed by atoms with Crippen molar-refractivity contribution in [2.24, 2.45) is 5.92 Å². The van der Waals surface area contributed by atoms with Crippen molar-refractivity contribution < 1.29 is 19.0 Å². The Bertz CT molecular complexity index is 601. The van der Waals surface area contributed by atoms with Crippen molar-refractivity contribution in [3.05, 3.63) is 5.82 Å². The van der Waals surface area contributed by atoms with E-state index in [2.05, 4.69) is 21.9 Å². The molecule has 1 aliphatic rings. The van der Waals surface area contributed by atoms with Crippen LogP contribution in [0.15, 0.2) is 0 Å². The molecule has 0 radical (unpaired) electrons. The fraction of sp³-hybridized carbons (Fsp3) is 0.778. The molecule has 0 N–H and O–H groups in total. The van der Waals surface area contributed by atoms with Crippen LogP contribution in [0.1, 0.15) is 51.3 Å². The number of anilines is 2. The molecule has 1 heterocycles. The Morgan fingerprint density at radius 3 is 2.00 bits per heavy atom. The number of carbonyl (C=O) groups excluding carboxylic acids is 1. The minimum atomic E-state index is -0.192. The summed E-state index contributed by atoms with van der Waals surface area (Å²) in [5.74, 6) is 2.22. The van der Waals surface area contributed by atoms with Crippen molar-refractivity contribution >= 4 is 17.8 Å². The number of amides is 1. The maximum atomic E-state index is 12.1. The molecule has 1 aliphatic carbocycles. The monoisotopic (exact) mass is 381 g/mol. The quantitative estimate of drug-likeness (QED) is 0.601. The van der Waals surface area contributed by atoms with Crippen molar-refractivity contribution in [3.8, 4) is 0 Å². The third kappa shape index (κ3) is 5.82. The van der Waals surface area contributed by atoms with Crippen molar-refractivity contribution in [2.75, 3.05) is 51.3 Å². The van der Waals surface area contributed by atoms with Gasteiger partial charge in [-0.15, -0.1) is 0 Å². The number of nitrogens with zero attached hydrogens (tertiary/aromatic N) is 5. The van der Waals surface area contributed by atoms with Crippen LogP contribution in [0.2, 0.25) is 0 Å². The van der Waals surface area contributed by atoms with Crippen LogP contribution in [0, 0.1) is 5.92 Å². The molecule has 0 unspecified atom stereocenters. The molecule has 1 aromatic heterocycles. The average molecular weight is 381 g/mol. The summed E-state index contributed by atoms with van der Waals surface area (Å²) < 4.78 is 15.6. The second kappa shape index (κ2) is 10.5. The molecular formula is C18H31N5O4. The van der Waals surface area contributed by atoms with Crippen molar-refractivity contribution in [1.82, 2.24) is 15.0 Å². The highest BCUT2D eigenvalue weighted by Crippen LogP contribution is 2.35. The number of methoxy groups -OCH3 is 3. The van der Waals surface area contributed by atoms with E-state index in [0.29, 0.717) is 17.7 Å². The van der Waals surface area contributed by atoms with E-state index >= 15 is 0 Å². The predicted molar refractivity (Wildman–Crippen MR) is 101 cm³/mol. The summed E-state index contributed by atoms with van der Waals surface area (Å²) in [4.78, 5) is 29.0. The Morgan fingerprint density at radius 1 is 0.926 bits per heavy atom. The van der Waals surface area contributed by atoms with Gasteiger partial charge in [0.1, 0.15) is 26.0 Å². The number of rotatable bonds is 9. The summed E-state index contributed by atoms with van der Waals surface area (Å²) in [5.41, 5.74) is 0. The van der Waals surface area contributed by atoms with Crippen molar-refractivity contribution in [3.63, 3.8) is 0 Å². The summed E-state index contributed by atoms with van der Waals surface area (Å²) in [5, 5.41) is 0. The molecule has 152 valence electrons. The molecule has 1 saturated carbocycles. The van der Waals surface area contributed by atoms with E-state index in [1.807, 2.05) is 0 Å². The van der Waals surface area contributed by atoms with E-state index in [-0.39, 0.29) is 32.0 Å². The molecule has 1 fully saturated rings. The van der Waals surface area contributed by atoms with E-state index in [1.54, 1.807) is 19.1 Å². The molecular weight excluding hydrogens is 350 g/mol. The molecule has 9 nitrogen and oxygen atoms in total. The van der Waals surface area contributed by atoms with E-state index in [4.69, 9.17) is 14.2 Å². The molecule has 0 bridgehead atoms. The first-order chi connectivity index (χ1) is 13.0. The van der Waals surface area contributed by atoms with Crippen molar-refractivity contribution in [1.29, 1.82) is 0 Å². The average Bonchev–Trinajstić information content (AvgIpc) is 2.66. The molecule has 0 aromatic carbocycles. The van der Waals surface area contributed by atoms with E-state index in [9.17, 15) is 4.79 Å². The van der Waals surface area contributed by atoms with Crippen LogP contribution < -0.4 is 9.80 Å². The predicted octanol–water partition coefficient (Wildman–Crippen LogP) is 2.14.